The maximum absolute atomic E-state index is 13.0. The SMILES string of the molecule is Cc1cc(C(=O)CCC(=O)OC(C)C(=O)Nc2ccccc2C(F)(F)F)c(C)s1. The van der Waals surface area contributed by atoms with Crippen molar-refractivity contribution >= 4 is 34.7 Å². The van der Waals surface area contributed by atoms with Gasteiger partial charge in [0, 0.05) is 21.7 Å². The normalized spacial score (nSPS) is 12.3. The molecule has 0 saturated heterocycles. The molecule has 1 aromatic heterocycles. The summed E-state index contributed by atoms with van der Waals surface area (Å²) in [6, 6.07) is 6.25. The van der Waals surface area contributed by atoms with Crippen molar-refractivity contribution in [3.05, 3.63) is 51.2 Å². The number of nitrogens with one attached hydrogen (secondary N) is 1. The quantitative estimate of drug-likeness (QED) is 0.503. The van der Waals surface area contributed by atoms with Crippen LogP contribution < -0.4 is 5.32 Å². The standard InChI is InChI=1S/C20H20F3NO4S/c1-11-10-14(13(3)29-11)17(25)8-9-18(26)28-12(2)19(27)24-16-7-5-4-6-15(16)20(21,22)23/h4-7,10,12H,8-9H2,1-3H3,(H,24,27). The molecule has 0 saturated carbocycles. The fraction of sp³-hybridized carbons (Fsp3) is 0.350. The highest BCUT2D eigenvalue weighted by molar-refractivity contribution is 7.12. The Morgan fingerprint density at radius 3 is 2.38 bits per heavy atom. The molecule has 1 atom stereocenters. The van der Waals surface area contributed by atoms with Crippen LogP contribution in [-0.4, -0.2) is 23.8 Å². The highest BCUT2D eigenvalue weighted by Crippen LogP contribution is 2.34. The van der Waals surface area contributed by atoms with Gasteiger partial charge in [-0.15, -0.1) is 11.3 Å². The number of hydrogen-bond donors (Lipinski definition) is 1. The fourth-order valence-electron chi connectivity index (χ4n) is 2.64. The van der Waals surface area contributed by atoms with Crippen molar-refractivity contribution in [3.8, 4) is 0 Å². The minimum atomic E-state index is -4.64. The van der Waals surface area contributed by atoms with Gasteiger partial charge in [-0.05, 0) is 39.0 Å². The number of Topliss-reactive ketones (excluding diaryl/α,β-unsaturated/α-hetero) is 1. The Kier molecular flexibility index (Phi) is 7.18. The minimum Gasteiger partial charge on any atom is -0.453 e. The van der Waals surface area contributed by atoms with E-state index in [1.165, 1.54) is 30.4 Å². The van der Waals surface area contributed by atoms with Crippen LogP contribution >= 0.6 is 11.3 Å². The van der Waals surface area contributed by atoms with E-state index in [2.05, 4.69) is 5.32 Å². The van der Waals surface area contributed by atoms with Crippen LogP contribution in [0.5, 0.6) is 0 Å². The van der Waals surface area contributed by atoms with Gasteiger partial charge in [0.15, 0.2) is 11.9 Å². The molecule has 0 aliphatic heterocycles. The van der Waals surface area contributed by atoms with Crippen LogP contribution in [0.3, 0.4) is 0 Å². The fourth-order valence-corrected chi connectivity index (χ4v) is 3.58. The summed E-state index contributed by atoms with van der Waals surface area (Å²) in [4.78, 5) is 38.1. The van der Waals surface area contributed by atoms with E-state index in [0.717, 1.165) is 21.9 Å². The highest BCUT2D eigenvalue weighted by Gasteiger charge is 2.34. The number of anilines is 1. The Labute approximate surface area is 169 Å². The average molecular weight is 427 g/mol. The van der Waals surface area contributed by atoms with E-state index in [1.54, 1.807) is 6.07 Å². The maximum atomic E-state index is 13.0. The van der Waals surface area contributed by atoms with Crippen LogP contribution in [0.25, 0.3) is 0 Å². The third-order valence-corrected chi connectivity index (χ3v) is 5.03. The number of thiophene rings is 1. The second-order valence-electron chi connectivity index (χ2n) is 6.41. The van der Waals surface area contributed by atoms with E-state index in [-0.39, 0.29) is 18.6 Å². The Balaban J connectivity index is 1.90. The van der Waals surface area contributed by atoms with Gasteiger partial charge >= 0.3 is 12.1 Å². The third-order valence-electron chi connectivity index (χ3n) is 4.07. The van der Waals surface area contributed by atoms with E-state index in [1.807, 2.05) is 13.8 Å². The van der Waals surface area contributed by atoms with Crippen LogP contribution in [0.15, 0.2) is 30.3 Å². The first kappa shape index (κ1) is 22.6. The van der Waals surface area contributed by atoms with Crippen LogP contribution in [0, 0.1) is 13.8 Å². The molecule has 9 heteroatoms. The van der Waals surface area contributed by atoms with E-state index < -0.39 is 35.4 Å². The van der Waals surface area contributed by atoms with Gasteiger partial charge < -0.3 is 10.1 Å². The summed E-state index contributed by atoms with van der Waals surface area (Å²) < 4.78 is 43.9. The van der Waals surface area contributed by atoms with Crippen LogP contribution in [0.2, 0.25) is 0 Å². The Hall–Kier alpha value is -2.68. The number of ketones is 1. The Morgan fingerprint density at radius 1 is 1.14 bits per heavy atom. The first-order valence-electron chi connectivity index (χ1n) is 8.76. The largest absolute Gasteiger partial charge is 0.453 e. The number of hydrogen-bond acceptors (Lipinski definition) is 5. The molecule has 1 unspecified atom stereocenters. The molecular weight excluding hydrogens is 407 g/mol. The summed E-state index contributed by atoms with van der Waals surface area (Å²) in [5.41, 5.74) is -0.875. The molecule has 0 radical (unpaired) electrons. The number of rotatable bonds is 7. The Bertz CT molecular complexity index is 921. The second-order valence-corrected chi connectivity index (χ2v) is 7.88. The molecular formula is C20H20F3NO4S. The maximum Gasteiger partial charge on any atom is 0.418 e. The third kappa shape index (κ3) is 6.15. The summed E-state index contributed by atoms with van der Waals surface area (Å²) in [6.45, 7) is 4.94. The summed E-state index contributed by atoms with van der Waals surface area (Å²) in [7, 11) is 0. The number of carbonyl (C=O) groups is 3. The van der Waals surface area contributed by atoms with Gasteiger partial charge in [0.05, 0.1) is 17.7 Å². The van der Waals surface area contributed by atoms with Gasteiger partial charge in [0.1, 0.15) is 0 Å². The number of benzene rings is 1. The molecule has 1 aromatic carbocycles. The smallest absolute Gasteiger partial charge is 0.418 e. The number of amides is 1. The number of para-hydroxylation sites is 1. The monoisotopic (exact) mass is 427 g/mol. The highest BCUT2D eigenvalue weighted by atomic mass is 32.1. The van der Waals surface area contributed by atoms with Crippen molar-refractivity contribution in [2.75, 3.05) is 5.32 Å². The first-order valence-corrected chi connectivity index (χ1v) is 9.57. The van der Waals surface area contributed by atoms with Gasteiger partial charge in [0.2, 0.25) is 0 Å². The summed E-state index contributed by atoms with van der Waals surface area (Å²) in [5, 5.41) is 2.12. The van der Waals surface area contributed by atoms with Crippen LogP contribution in [0.4, 0.5) is 18.9 Å². The topological polar surface area (TPSA) is 72.5 Å². The summed E-state index contributed by atoms with van der Waals surface area (Å²) in [5.74, 6) is -1.89. The molecule has 0 spiro atoms. The molecule has 0 aliphatic rings. The predicted molar refractivity (Wildman–Crippen MR) is 103 cm³/mol. The number of alkyl halides is 3. The molecule has 0 aliphatic carbocycles. The molecule has 0 fully saturated rings. The molecule has 2 rings (SSSR count). The number of aryl methyl sites for hydroxylation is 2. The molecule has 0 bridgehead atoms. The van der Waals surface area contributed by atoms with Crippen LogP contribution in [-0.2, 0) is 20.5 Å². The lowest BCUT2D eigenvalue weighted by atomic mass is 10.1. The van der Waals surface area contributed by atoms with Gasteiger partial charge in [-0.25, -0.2) is 0 Å². The zero-order chi connectivity index (χ0) is 21.8. The van der Waals surface area contributed by atoms with Crippen molar-refractivity contribution in [2.24, 2.45) is 0 Å². The molecule has 2 aromatic rings. The zero-order valence-electron chi connectivity index (χ0n) is 16.1. The van der Waals surface area contributed by atoms with Crippen molar-refractivity contribution < 1.29 is 32.3 Å². The Morgan fingerprint density at radius 2 is 1.79 bits per heavy atom. The number of ether oxygens (including phenoxy) is 1. The first-order chi connectivity index (χ1) is 13.5. The van der Waals surface area contributed by atoms with E-state index in [4.69, 9.17) is 4.74 Å². The summed E-state index contributed by atoms with van der Waals surface area (Å²) in [6.07, 6.45) is -6.27. The van der Waals surface area contributed by atoms with E-state index in [0.29, 0.717) is 5.56 Å². The predicted octanol–water partition coefficient (Wildman–Crippen LogP) is 4.92. The number of halogens is 3. The van der Waals surface area contributed by atoms with E-state index in [9.17, 15) is 27.6 Å². The molecule has 1 heterocycles. The zero-order valence-corrected chi connectivity index (χ0v) is 16.9. The lowest BCUT2D eigenvalue weighted by Crippen LogP contribution is -2.30. The second kappa shape index (κ2) is 9.21. The molecule has 156 valence electrons. The number of carbonyl (C=O) groups excluding carboxylic acids is 3. The molecule has 29 heavy (non-hydrogen) atoms. The van der Waals surface area contributed by atoms with Gasteiger partial charge in [-0.3, -0.25) is 14.4 Å². The molecule has 1 N–H and O–H groups in total. The lowest BCUT2D eigenvalue weighted by Gasteiger charge is -2.16. The van der Waals surface area contributed by atoms with Crippen molar-refractivity contribution in [3.63, 3.8) is 0 Å². The van der Waals surface area contributed by atoms with Gasteiger partial charge in [-0.2, -0.15) is 13.2 Å². The number of esters is 1. The average Bonchev–Trinajstić information content (AvgIpc) is 2.97. The minimum absolute atomic E-state index is 0.0822. The van der Waals surface area contributed by atoms with Crippen molar-refractivity contribution in [1.82, 2.24) is 0 Å². The van der Waals surface area contributed by atoms with Gasteiger partial charge in [0.25, 0.3) is 5.91 Å². The van der Waals surface area contributed by atoms with Crippen molar-refractivity contribution in [1.29, 1.82) is 0 Å². The summed E-state index contributed by atoms with van der Waals surface area (Å²) >= 11 is 1.48. The van der Waals surface area contributed by atoms with Crippen molar-refractivity contribution in [2.45, 2.75) is 45.9 Å². The van der Waals surface area contributed by atoms with Crippen LogP contribution in [0.1, 0.15) is 45.4 Å². The van der Waals surface area contributed by atoms with Gasteiger partial charge in [-0.1, -0.05) is 12.1 Å². The molecule has 5 nitrogen and oxygen atoms in total. The molecule has 1 amide bonds. The van der Waals surface area contributed by atoms with E-state index >= 15 is 0 Å². The lowest BCUT2D eigenvalue weighted by molar-refractivity contribution is -0.153.